The van der Waals surface area contributed by atoms with E-state index in [4.69, 9.17) is 23.2 Å². The van der Waals surface area contributed by atoms with Crippen LogP contribution in [0.15, 0.2) is 41.3 Å². The molecule has 2 rings (SSSR count). The van der Waals surface area contributed by atoms with E-state index in [1.165, 1.54) is 30.3 Å². The Labute approximate surface area is 157 Å². The normalized spacial score (nSPS) is 11.2. The molecule has 0 aliphatic rings. The van der Waals surface area contributed by atoms with Gasteiger partial charge in [0, 0.05) is 22.2 Å². The number of benzene rings is 2. The lowest BCUT2D eigenvalue weighted by Crippen LogP contribution is -2.25. The molecule has 0 atom stereocenters. The number of aryl methyl sites for hydroxylation is 1. The summed E-state index contributed by atoms with van der Waals surface area (Å²) in [4.78, 5) is 12.2. The lowest BCUT2D eigenvalue weighted by atomic mass is 10.1. The number of hydrogen-bond acceptors (Lipinski definition) is 3. The first-order chi connectivity index (χ1) is 11.7. The zero-order chi connectivity index (χ0) is 18.6. The smallest absolute Gasteiger partial charge is 0.261 e. The molecule has 0 aromatic heterocycles. The van der Waals surface area contributed by atoms with Crippen molar-refractivity contribution in [3.05, 3.63) is 57.6 Å². The summed E-state index contributed by atoms with van der Waals surface area (Å²) < 4.78 is 27.6. The van der Waals surface area contributed by atoms with E-state index >= 15 is 0 Å². The van der Waals surface area contributed by atoms with Crippen LogP contribution in [0, 0.1) is 6.92 Å². The van der Waals surface area contributed by atoms with Crippen molar-refractivity contribution < 1.29 is 13.2 Å². The van der Waals surface area contributed by atoms with Crippen LogP contribution in [-0.2, 0) is 10.0 Å². The van der Waals surface area contributed by atoms with Gasteiger partial charge in [0.25, 0.3) is 15.9 Å². The van der Waals surface area contributed by atoms with Crippen molar-refractivity contribution in [2.45, 2.75) is 25.2 Å². The predicted octanol–water partition coefficient (Wildman–Crippen LogP) is 4.24. The number of amides is 1. The maximum atomic E-state index is 12.6. The summed E-state index contributed by atoms with van der Waals surface area (Å²) in [5.74, 6) is -0.304. The van der Waals surface area contributed by atoms with Gasteiger partial charge in [-0.3, -0.25) is 9.52 Å². The van der Waals surface area contributed by atoms with Crippen LogP contribution in [0.2, 0.25) is 10.0 Å². The fraction of sp³-hybridized carbons (Fsp3) is 0.235. The van der Waals surface area contributed by atoms with E-state index in [9.17, 15) is 13.2 Å². The first-order valence-corrected chi connectivity index (χ1v) is 9.84. The third-order valence-electron chi connectivity index (χ3n) is 3.41. The number of halogens is 2. The van der Waals surface area contributed by atoms with Crippen molar-refractivity contribution in [2.75, 3.05) is 11.3 Å². The lowest BCUT2D eigenvalue weighted by Gasteiger charge is -2.12. The van der Waals surface area contributed by atoms with Gasteiger partial charge < -0.3 is 5.32 Å². The molecule has 2 aromatic carbocycles. The topological polar surface area (TPSA) is 75.3 Å². The van der Waals surface area contributed by atoms with Crippen molar-refractivity contribution in [1.82, 2.24) is 5.32 Å². The lowest BCUT2D eigenvalue weighted by molar-refractivity contribution is 0.0953. The van der Waals surface area contributed by atoms with Crippen molar-refractivity contribution >= 4 is 44.8 Å². The molecule has 134 valence electrons. The largest absolute Gasteiger partial charge is 0.352 e. The molecule has 0 aliphatic heterocycles. The number of rotatable bonds is 6. The molecule has 0 heterocycles. The van der Waals surface area contributed by atoms with Gasteiger partial charge >= 0.3 is 0 Å². The van der Waals surface area contributed by atoms with Gasteiger partial charge in [-0.25, -0.2) is 8.42 Å². The Morgan fingerprint density at radius 1 is 1.08 bits per heavy atom. The molecule has 0 saturated heterocycles. The van der Waals surface area contributed by atoms with E-state index < -0.39 is 10.0 Å². The third kappa shape index (κ3) is 5.11. The molecule has 2 aromatic rings. The second kappa shape index (κ2) is 8.08. The van der Waals surface area contributed by atoms with Crippen molar-refractivity contribution in [2.24, 2.45) is 0 Å². The first-order valence-electron chi connectivity index (χ1n) is 7.60. The van der Waals surface area contributed by atoms with Gasteiger partial charge in [0.15, 0.2) is 0 Å². The molecular weight excluding hydrogens is 383 g/mol. The Morgan fingerprint density at radius 3 is 2.32 bits per heavy atom. The van der Waals surface area contributed by atoms with E-state index in [0.29, 0.717) is 27.7 Å². The maximum absolute atomic E-state index is 12.6. The van der Waals surface area contributed by atoms with Gasteiger partial charge in [0.2, 0.25) is 0 Å². The van der Waals surface area contributed by atoms with E-state index in [0.717, 1.165) is 6.42 Å². The molecule has 1 amide bonds. The SMILES string of the molecule is CCCNC(=O)c1cc(S(=O)(=O)Nc2cc(Cl)cc(Cl)c2)ccc1C. The zero-order valence-corrected chi connectivity index (χ0v) is 16.1. The number of carbonyl (C=O) groups is 1. The van der Waals surface area contributed by atoms with Gasteiger partial charge in [-0.15, -0.1) is 0 Å². The Morgan fingerprint density at radius 2 is 1.72 bits per heavy atom. The number of nitrogens with one attached hydrogen (secondary N) is 2. The van der Waals surface area contributed by atoms with Gasteiger partial charge in [-0.1, -0.05) is 36.2 Å². The summed E-state index contributed by atoms with van der Waals surface area (Å²) in [6, 6.07) is 8.81. The minimum atomic E-state index is -3.89. The van der Waals surface area contributed by atoms with Crippen LogP contribution >= 0.6 is 23.2 Å². The molecule has 5 nitrogen and oxygen atoms in total. The highest BCUT2D eigenvalue weighted by molar-refractivity contribution is 7.92. The van der Waals surface area contributed by atoms with Crippen LogP contribution in [0.4, 0.5) is 5.69 Å². The summed E-state index contributed by atoms with van der Waals surface area (Å²) in [5.41, 5.74) is 1.26. The van der Waals surface area contributed by atoms with E-state index in [1.54, 1.807) is 13.0 Å². The van der Waals surface area contributed by atoms with Crippen LogP contribution in [0.5, 0.6) is 0 Å². The molecule has 0 spiro atoms. The summed E-state index contributed by atoms with van der Waals surface area (Å²) in [6.07, 6.45) is 0.792. The number of hydrogen-bond donors (Lipinski definition) is 2. The molecule has 0 radical (unpaired) electrons. The molecular formula is C17H18Cl2N2O3S. The minimum absolute atomic E-state index is 0.0177. The maximum Gasteiger partial charge on any atom is 0.261 e. The summed E-state index contributed by atoms with van der Waals surface area (Å²) in [7, 11) is -3.89. The van der Waals surface area contributed by atoms with Crippen LogP contribution in [0.3, 0.4) is 0 Å². The van der Waals surface area contributed by atoms with Gasteiger partial charge in [0.1, 0.15) is 0 Å². The fourth-order valence-corrected chi connectivity index (χ4v) is 3.77. The molecule has 0 fully saturated rings. The van der Waals surface area contributed by atoms with Gasteiger partial charge in [0.05, 0.1) is 10.6 Å². The first kappa shape index (κ1) is 19.6. The number of carbonyl (C=O) groups excluding carboxylic acids is 1. The van der Waals surface area contributed by atoms with Crippen LogP contribution in [-0.4, -0.2) is 20.9 Å². The van der Waals surface area contributed by atoms with Gasteiger partial charge in [-0.05, 0) is 49.2 Å². The second-order valence-corrected chi connectivity index (χ2v) is 8.05. The average molecular weight is 401 g/mol. The Balaban J connectivity index is 2.34. The monoisotopic (exact) mass is 400 g/mol. The third-order valence-corrected chi connectivity index (χ3v) is 5.23. The molecule has 0 saturated carbocycles. The van der Waals surface area contributed by atoms with Crippen molar-refractivity contribution in [1.29, 1.82) is 0 Å². The van der Waals surface area contributed by atoms with Crippen LogP contribution in [0.25, 0.3) is 0 Å². The van der Waals surface area contributed by atoms with Crippen LogP contribution < -0.4 is 10.0 Å². The number of sulfonamides is 1. The number of anilines is 1. The summed E-state index contributed by atoms with van der Waals surface area (Å²) in [6.45, 7) is 4.21. The summed E-state index contributed by atoms with van der Waals surface area (Å²) in [5, 5.41) is 3.37. The Hall–Kier alpha value is -1.76. The highest BCUT2D eigenvalue weighted by atomic mass is 35.5. The van der Waals surface area contributed by atoms with E-state index in [2.05, 4.69) is 10.0 Å². The Bertz CT molecular complexity index is 879. The molecule has 25 heavy (non-hydrogen) atoms. The predicted molar refractivity (Wildman–Crippen MR) is 101 cm³/mol. The van der Waals surface area contributed by atoms with Crippen LogP contribution in [0.1, 0.15) is 29.3 Å². The van der Waals surface area contributed by atoms with Crippen molar-refractivity contribution in [3.63, 3.8) is 0 Å². The minimum Gasteiger partial charge on any atom is -0.352 e. The highest BCUT2D eigenvalue weighted by Gasteiger charge is 2.18. The second-order valence-electron chi connectivity index (χ2n) is 5.50. The quantitative estimate of drug-likeness (QED) is 0.760. The molecule has 0 bridgehead atoms. The van der Waals surface area contributed by atoms with Crippen molar-refractivity contribution in [3.8, 4) is 0 Å². The summed E-state index contributed by atoms with van der Waals surface area (Å²) >= 11 is 11.8. The Kier molecular flexibility index (Phi) is 6.32. The molecule has 0 unspecified atom stereocenters. The standard InChI is InChI=1S/C17H18Cl2N2O3S/c1-3-6-20-17(22)16-10-15(5-4-11(16)2)25(23,24)21-14-8-12(18)7-13(19)9-14/h4-5,7-10,21H,3,6H2,1-2H3,(H,20,22). The highest BCUT2D eigenvalue weighted by Crippen LogP contribution is 2.25. The molecule has 0 aliphatic carbocycles. The van der Waals surface area contributed by atoms with Gasteiger partial charge in [-0.2, -0.15) is 0 Å². The fourth-order valence-electron chi connectivity index (χ4n) is 2.17. The molecule has 8 heteroatoms. The van der Waals surface area contributed by atoms with E-state index in [-0.39, 0.29) is 16.5 Å². The van der Waals surface area contributed by atoms with E-state index in [1.807, 2.05) is 6.92 Å². The average Bonchev–Trinajstić information content (AvgIpc) is 2.51. The zero-order valence-electron chi connectivity index (χ0n) is 13.8. The molecule has 2 N–H and O–H groups in total.